The topological polar surface area (TPSA) is 46.5 Å². The normalized spacial score (nSPS) is 15.0. The highest BCUT2D eigenvalue weighted by Gasteiger charge is 2.11. The molecular formula is C10H14BrFO3. The van der Waals surface area contributed by atoms with Crippen molar-refractivity contribution in [1.29, 1.82) is 0 Å². The maximum atomic E-state index is 11.6. The van der Waals surface area contributed by atoms with Crippen LogP contribution in [0.4, 0.5) is 4.53 Å². The van der Waals surface area contributed by atoms with Gasteiger partial charge in [0.05, 0.1) is 6.10 Å². The van der Waals surface area contributed by atoms with E-state index in [0.717, 1.165) is 5.57 Å². The summed E-state index contributed by atoms with van der Waals surface area (Å²) in [7, 11) is 0. The zero-order chi connectivity index (χ0) is 11.8. The number of rotatable bonds is 5. The summed E-state index contributed by atoms with van der Waals surface area (Å²) < 4.78 is 11.6. The van der Waals surface area contributed by atoms with Crippen LogP contribution in [-0.2, 0) is 9.74 Å². The van der Waals surface area contributed by atoms with Crippen molar-refractivity contribution in [1.82, 2.24) is 0 Å². The summed E-state index contributed by atoms with van der Waals surface area (Å²) in [5.41, 5.74) is 0.953. The molecule has 0 aliphatic carbocycles. The van der Waals surface area contributed by atoms with Crippen LogP contribution in [-0.4, -0.2) is 22.5 Å². The van der Waals surface area contributed by atoms with Gasteiger partial charge in [0.25, 0.3) is 0 Å². The van der Waals surface area contributed by atoms with Gasteiger partial charge in [-0.05, 0) is 25.8 Å². The van der Waals surface area contributed by atoms with Gasteiger partial charge in [-0.1, -0.05) is 28.1 Å². The van der Waals surface area contributed by atoms with Crippen molar-refractivity contribution < 1.29 is 19.4 Å². The van der Waals surface area contributed by atoms with E-state index in [4.69, 9.17) is 0 Å². The van der Waals surface area contributed by atoms with E-state index in [9.17, 15) is 14.4 Å². The highest BCUT2D eigenvalue weighted by atomic mass is 79.9. The van der Waals surface area contributed by atoms with E-state index in [2.05, 4.69) is 20.9 Å². The number of hydrogen-bond acceptors (Lipinski definition) is 3. The quantitative estimate of drug-likeness (QED) is 0.478. The number of carbonyl (C=O) groups is 1. The first kappa shape index (κ1) is 14.3. The number of alkyl halides is 1. The van der Waals surface area contributed by atoms with E-state index < -0.39 is 12.1 Å². The molecule has 0 aromatic heterocycles. The smallest absolute Gasteiger partial charge is 0.376 e. The molecule has 0 fully saturated rings. The number of aliphatic hydroxyl groups excluding tert-OH is 1. The molecule has 0 aromatic carbocycles. The summed E-state index contributed by atoms with van der Waals surface area (Å²) in [6, 6.07) is 0. The average molecular weight is 281 g/mol. The van der Waals surface area contributed by atoms with Crippen molar-refractivity contribution in [2.45, 2.75) is 26.4 Å². The Balaban J connectivity index is 4.41. The summed E-state index contributed by atoms with van der Waals surface area (Å²) in [4.78, 5) is 13.9. The number of allylic oxidation sites excluding steroid dienone is 1. The van der Waals surface area contributed by atoms with Crippen LogP contribution in [0.1, 0.15) is 20.3 Å². The van der Waals surface area contributed by atoms with Gasteiger partial charge in [0, 0.05) is 15.4 Å². The van der Waals surface area contributed by atoms with Gasteiger partial charge in [-0.15, -0.1) is 0 Å². The van der Waals surface area contributed by atoms with Crippen LogP contribution < -0.4 is 0 Å². The van der Waals surface area contributed by atoms with Gasteiger partial charge in [0.2, 0.25) is 0 Å². The lowest BCUT2D eigenvalue weighted by atomic mass is 10.1. The molecule has 1 atom stereocenters. The molecule has 0 heterocycles. The molecule has 1 N–H and O–H groups in total. The SMILES string of the molecule is C/C=C(/C)[C@H](O)C/C=C(/CBr)C(=O)OF. The second-order valence-electron chi connectivity index (χ2n) is 3.01. The molecule has 0 aliphatic heterocycles. The molecule has 0 aliphatic rings. The first-order valence-corrected chi connectivity index (χ1v) is 5.57. The Kier molecular flexibility index (Phi) is 7.25. The lowest BCUT2D eigenvalue weighted by Gasteiger charge is -2.08. The van der Waals surface area contributed by atoms with Gasteiger partial charge in [-0.2, -0.15) is 0 Å². The molecule has 0 saturated carbocycles. The summed E-state index contributed by atoms with van der Waals surface area (Å²) >= 11 is 3.03. The van der Waals surface area contributed by atoms with E-state index in [1.807, 2.05) is 6.92 Å². The first-order valence-electron chi connectivity index (χ1n) is 4.45. The summed E-state index contributed by atoms with van der Waals surface area (Å²) in [5, 5.41) is 9.73. The maximum Gasteiger partial charge on any atom is 0.376 e. The van der Waals surface area contributed by atoms with E-state index in [1.54, 1.807) is 13.0 Å². The van der Waals surface area contributed by atoms with E-state index in [1.165, 1.54) is 6.08 Å². The molecule has 0 radical (unpaired) electrons. The van der Waals surface area contributed by atoms with Crippen molar-refractivity contribution in [2.24, 2.45) is 0 Å². The molecule has 3 nitrogen and oxygen atoms in total. The Morgan fingerprint density at radius 3 is 2.67 bits per heavy atom. The lowest BCUT2D eigenvalue weighted by Crippen LogP contribution is -2.09. The molecule has 0 unspecified atom stereocenters. The van der Waals surface area contributed by atoms with E-state index >= 15 is 0 Å². The van der Waals surface area contributed by atoms with Crippen LogP contribution in [0.25, 0.3) is 0 Å². The van der Waals surface area contributed by atoms with Crippen molar-refractivity contribution >= 4 is 21.9 Å². The highest BCUT2D eigenvalue weighted by Crippen LogP contribution is 2.10. The van der Waals surface area contributed by atoms with Gasteiger partial charge in [-0.3, -0.25) is 0 Å². The molecule has 5 heteroatoms. The Labute approximate surface area is 96.6 Å². The van der Waals surface area contributed by atoms with Crippen molar-refractivity contribution in [2.75, 3.05) is 5.33 Å². The standard InChI is InChI=1S/C10H14BrFO3/c1-3-7(2)9(13)5-4-8(6-11)10(14)15-12/h3-4,9,13H,5-6H2,1-2H3/b7-3-,8-4-/t9-/m1/s1. The minimum atomic E-state index is -1.03. The summed E-state index contributed by atoms with van der Waals surface area (Å²) in [6.07, 6.45) is 2.83. The van der Waals surface area contributed by atoms with Gasteiger partial charge < -0.3 is 5.11 Å². The molecule has 0 saturated heterocycles. The first-order chi connectivity index (χ1) is 7.06. The number of carbonyl (C=O) groups excluding carboxylic acids is 1. The largest absolute Gasteiger partial charge is 0.388 e. The van der Waals surface area contributed by atoms with Crippen LogP contribution in [0.2, 0.25) is 0 Å². The Morgan fingerprint density at radius 2 is 2.27 bits per heavy atom. The third kappa shape index (κ3) is 5.09. The Bertz CT molecular complexity index is 274. The molecule has 0 bridgehead atoms. The minimum absolute atomic E-state index is 0.153. The molecule has 0 rings (SSSR count). The molecule has 0 spiro atoms. The summed E-state index contributed by atoms with van der Waals surface area (Å²) in [5.74, 6) is -1.03. The average Bonchev–Trinajstić information content (AvgIpc) is 2.27. The molecule has 0 aromatic rings. The van der Waals surface area contributed by atoms with Gasteiger partial charge in [0.1, 0.15) is 0 Å². The van der Waals surface area contributed by atoms with E-state index in [0.29, 0.717) is 0 Å². The van der Waals surface area contributed by atoms with E-state index in [-0.39, 0.29) is 17.3 Å². The minimum Gasteiger partial charge on any atom is -0.388 e. The van der Waals surface area contributed by atoms with Crippen LogP contribution in [0, 0.1) is 0 Å². The van der Waals surface area contributed by atoms with Crippen LogP contribution >= 0.6 is 15.9 Å². The highest BCUT2D eigenvalue weighted by molar-refractivity contribution is 9.09. The summed E-state index contributed by atoms with van der Waals surface area (Å²) in [6.45, 7) is 3.59. The van der Waals surface area contributed by atoms with Gasteiger partial charge in [0.15, 0.2) is 0 Å². The second-order valence-corrected chi connectivity index (χ2v) is 3.57. The monoisotopic (exact) mass is 280 g/mol. The zero-order valence-corrected chi connectivity index (χ0v) is 10.3. The molecular weight excluding hydrogens is 267 g/mol. The van der Waals surface area contributed by atoms with Gasteiger partial charge in [-0.25, -0.2) is 9.74 Å². The molecule has 15 heavy (non-hydrogen) atoms. The fourth-order valence-electron chi connectivity index (χ4n) is 0.874. The van der Waals surface area contributed by atoms with Gasteiger partial charge >= 0.3 is 5.97 Å². The van der Waals surface area contributed by atoms with Crippen LogP contribution in [0.3, 0.4) is 0 Å². The third-order valence-electron chi connectivity index (χ3n) is 2.04. The number of aliphatic hydroxyl groups is 1. The molecule has 86 valence electrons. The number of halogens is 2. The maximum absolute atomic E-state index is 11.6. The van der Waals surface area contributed by atoms with Crippen molar-refractivity contribution in [3.63, 3.8) is 0 Å². The number of hydrogen-bond donors (Lipinski definition) is 1. The van der Waals surface area contributed by atoms with Crippen LogP contribution in [0.5, 0.6) is 0 Å². The Morgan fingerprint density at radius 1 is 1.67 bits per heavy atom. The van der Waals surface area contributed by atoms with Crippen molar-refractivity contribution in [3.05, 3.63) is 23.3 Å². The predicted molar refractivity (Wildman–Crippen MR) is 59.1 cm³/mol. The van der Waals surface area contributed by atoms with Crippen LogP contribution in [0.15, 0.2) is 23.3 Å². The van der Waals surface area contributed by atoms with Crippen molar-refractivity contribution in [3.8, 4) is 0 Å². The molecule has 0 amide bonds. The second kappa shape index (κ2) is 7.59. The third-order valence-corrected chi connectivity index (χ3v) is 2.65. The fraction of sp³-hybridized carbons (Fsp3) is 0.500. The Hall–Kier alpha value is -0.680. The predicted octanol–water partition coefficient (Wildman–Crippen LogP) is 2.45. The zero-order valence-electron chi connectivity index (χ0n) is 8.67. The lowest BCUT2D eigenvalue weighted by molar-refractivity contribution is -0.178. The fourth-order valence-corrected chi connectivity index (χ4v) is 1.33.